The molecule has 23 heavy (non-hydrogen) atoms. The number of furan rings is 1. The molecule has 0 aliphatic carbocycles. The normalized spacial score (nSPS) is 17.6. The summed E-state index contributed by atoms with van der Waals surface area (Å²) in [4.78, 5) is 23.8. The van der Waals surface area contributed by atoms with Crippen molar-refractivity contribution in [3.8, 4) is 0 Å². The second-order valence-electron chi connectivity index (χ2n) is 5.57. The SMILES string of the molecule is Cc1c(C(=O)O[C@@H]2CCOC2=O)oc2c1ccc1ccccc12. The van der Waals surface area contributed by atoms with Crippen LogP contribution in [0.25, 0.3) is 21.7 Å². The molecule has 1 atom stereocenters. The molecule has 5 nitrogen and oxygen atoms in total. The van der Waals surface area contributed by atoms with Gasteiger partial charge in [-0.3, -0.25) is 0 Å². The van der Waals surface area contributed by atoms with Gasteiger partial charge in [-0.1, -0.05) is 36.4 Å². The number of hydrogen-bond acceptors (Lipinski definition) is 5. The van der Waals surface area contributed by atoms with Crippen LogP contribution in [0.15, 0.2) is 40.8 Å². The van der Waals surface area contributed by atoms with Crippen molar-refractivity contribution in [1.29, 1.82) is 0 Å². The topological polar surface area (TPSA) is 65.7 Å². The van der Waals surface area contributed by atoms with Gasteiger partial charge in [-0.15, -0.1) is 0 Å². The molecule has 0 saturated carbocycles. The summed E-state index contributed by atoms with van der Waals surface area (Å²) >= 11 is 0. The number of esters is 2. The quantitative estimate of drug-likeness (QED) is 0.679. The van der Waals surface area contributed by atoms with Gasteiger partial charge in [-0.2, -0.15) is 0 Å². The first-order chi connectivity index (χ1) is 11.1. The minimum Gasteiger partial charge on any atom is -0.463 e. The van der Waals surface area contributed by atoms with Crippen molar-refractivity contribution in [3.05, 3.63) is 47.7 Å². The van der Waals surface area contributed by atoms with Crippen LogP contribution in [0.4, 0.5) is 0 Å². The lowest BCUT2D eigenvalue weighted by Gasteiger charge is -2.06. The Hall–Kier alpha value is -2.82. The second-order valence-corrected chi connectivity index (χ2v) is 5.57. The third-order valence-corrected chi connectivity index (χ3v) is 4.15. The highest BCUT2D eigenvalue weighted by Crippen LogP contribution is 2.32. The Bertz CT molecular complexity index is 937. The summed E-state index contributed by atoms with van der Waals surface area (Å²) in [5.74, 6) is -1.000. The van der Waals surface area contributed by atoms with Gasteiger partial charge in [0, 0.05) is 22.8 Å². The van der Waals surface area contributed by atoms with Gasteiger partial charge in [0.05, 0.1) is 6.61 Å². The fraction of sp³-hybridized carbons (Fsp3) is 0.222. The van der Waals surface area contributed by atoms with Crippen LogP contribution in [0.2, 0.25) is 0 Å². The van der Waals surface area contributed by atoms with Gasteiger partial charge in [0.2, 0.25) is 11.9 Å². The number of cyclic esters (lactones) is 1. The van der Waals surface area contributed by atoms with Gasteiger partial charge in [0.15, 0.2) is 0 Å². The fourth-order valence-corrected chi connectivity index (χ4v) is 2.91. The van der Waals surface area contributed by atoms with Crippen molar-refractivity contribution in [2.75, 3.05) is 6.61 Å². The van der Waals surface area contributed by atoms with Crippen molar-refractivity contribution in [1.82, 2.24) is 0 Å². The summed E-state index contributed by atoms with van der Waals surface area (Å²) in [5.41, 5.74) is 1.36. The zero-order chi connectivity index (χ0) is 16.0. The first-order valence-corrected chi connectivity index (χ1v) is 7.43. The molecule has 0 radical (unpaired) electrons. The molecule has 3 aromatic rings. The minimum atomic E-state index is -0.841. The molecule has 0 amide bonds. The third-order valence-electron chi connectivity index (χ3n) is 4.15. The Labute approximate surface area is 131 Å². The van der Waals surface area contributed by atoms with Gasteiger partial charge in [-0.05, 0) is 12.3 Å². The van der Waals surface area contributed by atoms with E-state index in [1.807, 2.05) is 43.3 Å². The number of hydrogen-bond donors (Lipinski definition) is 0. The lowest BCUT2D eigenvalue weighted by molar-refractivity contribution is -0.145. The Balaban J connectivity index is 1.78. The number of rotatable bonds is 2. The molecular weight excluding hydrogens is 296 g/mol. The summed E-state index contributed by atoms with van der Waals surface area (Å²) < 4.78 is 15.8. The highest BCUT2D eigenvalue weighted by atomic mass is 16.6. The van der Waals surface area contributed by atoms with Gasteiger partial charge in [-0.25, -0.2) is 9.59 Å². The van der Waals surface area contributed by atoms with Crippen LogP contribution in [0.1, 0.15) is 22.5 Å². The Kier molecular flexibility index (Phi) is 3.08. The molecule has 1 aromatic heterocycles. The van der Waals surface area contributed by atoms with Crippen LogP contribution in [0.5, 0.6) is 0 Å². The van der Waals surface area contributed by atoms with E-state index < -0.39 is 18.0 Å². The summed E-state index contributed by atoms with van der Waals surface area (Å²) in [6, 6.07) is 11.7. The molecule has 0 bridgehead atoms. The largest absolute Gasteiger partial charge is 0.463 e. The molecule has 1 aliphatic rings. The highest BCUT2D eigenvalue weighted by Gasteiger charge is 2.32. The average Bonchev–Trinajstić information content (AvgIpc) is 3.11. The standard InChI is InChI=1S/C18H14O5/c1-10-12-7-6-11-4-2-3-5-13(11)16(12)23-15(10)18(20)22-14-8-9-21-17(14)19/h2-7,14H,8-9H2,1H3/t14-/m1/s1. The van der Waals surface area contributed by atoms with Crippen molar-refractivity contribution < 1.29 is 23.5 Å². The number of aryl methyl sites for hydroxylation is 1. The molecule has 1 aliphatic heterocycles. The van der Waals surface area contributed by atoms with Crippen molar-refractivity contribution in [2.45, 2.75) is 19.4 Å². The second kappa shape index (κ2) is 5.12. The van der Waals surface area contributed by atoms with Crippen LogP contribution >= 0.6 is 0 Å². The number of fused-ring (bicyclic) bond motifs is 3. The van der Waals surface area contributed by atoms with E-state index in [9.17, 15) is 9.59 Å². The third kappa shape index (κ3) is 2.16. The van der Waals surface area contributed by atoms with Crippen LogP contribution in [-0.4, -0.2) is 24.6 Å². The van der Waals surface area contributed by atoms with Crippen molar-refractivity contribution in [3.63, 3.8) is 0 Å². The smallest absolute Gasteiger partial charge is 0.375 e. The summed E-state index contributed by atoms with van der Waals surface area (Å²) in [6.07, 6.45) is -0.459. The average molecular weight is 310 g/mol. The van der Waals surface area contributed by atoms with Crippen LogP contribution in [0.3, 0.4) is 0 Å². The monoisotopic (exact) mass is 310 g/mol. The number of carbonyl (C=O) groups is 2. The molecule has 2 aromatic carbocycles. The van der Waals surface area contributed by atoms with Gasteiger partial charge in [0.1, 0.15) is 5.58 Å². The number of ether oxygens (including phenoxy) is 2. The Morgan fingerprint density at radius 3 is 2.78 bits per heavy atom. The molecule has 1 saturated heterocycles. The zero-order valence-corrected chi connectivity index (χ0v) is 12.5. The minimum absolute atomic E-state index is 0.135. The van der Waals surface area contributed by atoms with Gasteiger partial charge in [0.25, 0.3) is 0 Å². The van der Waals surface area contributed by atoms with E-state index in [2.05, 4.69) is 0 Å². The van der Waals surface area contributed by atoms with E-state index in [0.717, 1.165) is 16.2 Å². The van der Waals surface area contributed by atoms with Crippen molar-refractivity contribution in [2.24, 2.45) is 0 Å². The first kappa shape index (κ1) is 13.8. The Morgan fingerprint density at radius 1 is 1.17 bits per heavy atom. The number of benzene rings is 2. The summed E-state index contributed by atoms with van der Waals surface area (Å²) in [5, 5.41) is 2.84. The molecule has 0 unspecified atom stereocenters. The maximum Gasteiger partial charge on any atom is 0.375 e. The van der Waals surface area contributed by atoms with Gasteiger partial charge < -0.3 is 13.9 Å². The molecule has 0 N–H and O–H groups in total. The molecule has 4 rings (SSSR count). The van der Waals surface area contributed by atoms with E-state index in [1.165, 1.54) is 0 Å². The Morgan fingerprint density at radius 2 is 2.00 bits per heavy atom. The summed E-state index contributed by atoms with van der Waals surface area (Å²) in [7, 11) is 0. The van der Waals surface area contributed by atoms with Gasteiger partial charge >= 0.3 is 11.9 Å². The summed E-state index contributed by atoms with van der Waals surface area (Å²) in [6.45, 7) is 2.09. The fourth-order valence-electron chi connectivity index (χ4n) is 2.91. The van der Waals surface area contributed by atoms with E-state index in [-0.39, 0.29) is 12.4 Å². The number of carbonyl (C=O) groups excluding carboxylic acids is 2. The molecule has 2 heterocycles. The van der Waals surface area contributed by atoms with E-state index in [4.69, 9.17) is 13.9 Å². The molecular formula is C18H14O5. The van der Waals surface area contributed by atoms with Crippen LogP contribution in [-0.2, 0) is 14.3 Å². The van der Waals surface area contributed by atoms with Crippen LogP contribution in [0, 0.1) is 6.92 Å². The first-order valence-electron chi connectivity index (χ1n) is 7.43. The maximum atomic E-state index is 12.3. The maximum absolute atomic E-state index is 12.3. The predicted molar refractivity (Wildman–Crippen MR) is 83.2 cm³/mol. The molecule has 116 valence electrons. The van der Waals surface area contributed by atoms with E-state index in [0.29, 0.717) is 17.6 Å². The lowest BCUT2D eigenvalue weighted by atomic mass is 10.1. The molecule has 0 spiro atoms. The zero-order valence-electron chi connectivity index (χ0n) is 12.5. The lowest BCUT2D eigenvalue weighted by Crippen LogP contribution is -2.22. The highest BCUT2D eigenvalue weighted by molar-refractivity contribution is 6.08. The predicted octanol–water partition coefficient (Wildman–Crippen LogP) is 3.37. The molecule has 1 fully saturated rings. The molecule has 5 heteroatoms. The van der Waals surface area contributed by atoms with Crippen LogP contribution < -0.4 is 0 Å². The van der Waals surface area contributed by atoms with E-state index >= 15 is 0 Å². The van der Waals surface area contributed by atoms with Crippen molar-refractivity contribution >= 4 is 33.7 Å². The van der Waals surface area contributed by atoms with E-state index in [1.54, 1.807) is 0 Å².